The molecule has 4 heteroatoms. The Hall–Kier alpha value is -1.06. The van der Waals surface area contributed by atoms with E-state index in [0.717, 1.165) is 32.4 Å². The van der Waals surface area contributed by atoms with Crippen LogP contribution in [0, 0.1) is 0 Å². The number of ether oxygens (including phenoxy) is 1. The van der Waals surface area contributed by atoms with Gasteiger partial charge in [-0.1, -0.05) is 6.92 Å². The number of piperidine rings is 1. The van der Waals surface area contributed by atoms with Gasteiger partial charge in [0.2, 0.25) is 5.91 Å². The Morgan fingerprint density at radius 3 is 2.53 bits per heavy atom. The lowest BCUT2D eigenvalue weighted by molar-refractivity contribution is -0.153. The molecule has 0 unspecified atom stereocenters. The van der Waals surface area contributed by atoms with E-state index < -0.39 is 0 Å². The summed E-state index contributed by atoms with van der Waals surface area (Å²) < 4.78 is 5.37. The zero-order valence-electron chi connectivity index (χ0n) is 9.12. The van der Waals surface area contributed by atoms with Crippen LogP contribution in [-0.4, -0.2) is 35.5 Å². The number of esters is 1. The molecule has 1 amide bonds. The van der Waals surface area contributed by atoms with Gasteiger partial charge in [0.15, 0.2) is 0 Å². The van der Waals surface area contributed by atoms with Crippen LogP contribution in [0.3, 0.4) is 0 Å². The average molecular weight is 211 g/mol. The maximum absolute atomic E-state index is 11.5. The number of rotatable bonds is 1. The van der Waals surface area contributed by atoms with E-state index in [1.165, 1.54) is 0 Å². The first-order chi connectivity index (χ1) is 7.15. The van der Waals surface area contributed by atoms with Gasteiger partial charge in [0.05, 0.1) is 0 Å². The van der Waals surface area contributed by atoms with Gasteiger partial charge in [0, 0.05) is 38.8 Å². The van der Waals surface area contributed by atoms with Crippen LogP contribution >= 0.6 is 0 Å². The predicted octanol–water partition coefficient (Wildman–Crippen LogP) is 1.09. The minimum atomic E-state index is -0.235. The SMILES string of the molecule is CCC(=O)N1CCC2(CCC(=O)O2)CC1. The van der Waals surface area contributed by atoms with Crippen LogP contribution in [0.4, 0.5) is 0 Å². The molecule has 0 saturated carbocycles. The topological polar surface area (TPSA) is 46.6 Å². The Balaban J connectivity index is 1.92. The molecule has 0 aromatic carbocycles. The lowest BCUT2D eigenvalue weighted by atomic mass is 9.88. The molecule has 0 bridgehead atoms. The van der Waals surface area contributed by atoms with Crippen LogP contribution in [-0.2, 0) is 14.3 Å². The largest absolute Gasteiger partial charge is 0.459 e. The van der Waals surface area contributed by atoms with Crippen molar-refractivity contribution < 1.29 is 14.3 Å². The van der Waals surface area contributed by atoms with E-state index in [9.17, 15) is 9.59 Å². The predicted molar refractivity (Wildman–Crippen MR) is 54.2 cm³/mol. The number of carbonyl (C=O) groups is 2. The molecule has 0 radical (unpaired) electrons. The molecule has 1 spiro atoms. The van der Waals surface area contributed by atoms with Gasteiger partial charge in [-0.25, -0.2) is 0 Å². The Bertz CT molecular complexity index is 280. The fourth-order valence-electron chi connectivity index (χ4n) is 2.41. The molecule has 0 aromatic rings. The lowest BCUT2D eigenvalue weighted by Gasteiger charge is -2.37. The third kappa shape index (κ3) is 1.98. The summed E-state index contributed by atoms with van der Waals surface area (Å²) in [7, 11) is 0. The van der Waals surface area contributed by atoms with Crippen molar-refractivity contribution in [3.63, 3.8) is 0 Å². The molecule has 2 saturated heterocycles. The Morgan fingerprint density at radius 1 is 1.40 bits per heavy atom. The Kier molecular flexibility index (Phi) is 2.67. The summed E-state index contributed by atoms with van der Waals surface area (Å²) in [5.74, 6) is 0.124. The van der Waals surface area contributed by atoms with Crippen molar-refractivity contribution >= 4 is 11.9 Å². The molecule has 2 aliphatic rings. The summed E-state index contributed by atoms with van der Waals surface area (Å²) >= 11 is 0. The second-order valence-electron chi connectivity index (χ2n) is 4.39. The second kappa shape index (κ2) is 3.83. The van der Waals surface area contributed by atoms with Crippen molar-refractivity contribution in [3.8, 4) is 0 Å². The van der Waals surface area contributed by atoms with E-state index >= 15 is 0 Å². The van der Waals surface area contributed by atoms with Crippen LogP contribution in [0.25, 0.3) is 0 Å². The Morgan fingerprint density at radius 2 is 2.07 bits per heavy atom. The summed E-state index contributed by atoms with van der Waals surface area (Å²) in [6.07, 6.45) is 3.56. The molecule has 15 heavy (non-hydrogen) atoms. The van der Waals surface area contributed by atoms with E-state index in [1.54, 1.807) is 0 Å². The van der Waals surface area contributed by atoms with Crippen molar-refractivity contribution in [2.75, 3.05) is 13.1 Å². The maximum atomic E-state index is 11.5. The number of hydrogen-bond acceptors (Lipinski definition) is 3. The number of nitrogens with zero attached hydrogens (tertiary/aromatic N) is 1. The van der Waals surface area contributed by atoms with Crippen molar-refractivity contribution in [1.82, 2.24) is 4.90 Å². The zero-order chi connectivity index (χ0) is 10.9. The van der Waals surface area contributed by atoms with Gasteiger partial charge in [-0.05, 0) is 6.42 Å². The summed E-state index contributed by atoms with van der Waals surface area (Å²) in [4.78, 5) is 24.4. The third-order valence-electron chi connectivity index (χ3n) is 3.44. The van der Waals surface area contributed by atoms with Crippen molar-refractivity contribution in [2.24, 2.45) is 0 Å². The molecule has 2 fully saturated rings. The van der Waals surface area contributed by atoms with E-state index in [0.29, 0.717) is 12.8 Å². The number of carbonyl (C=O) groups excluding carboxylic acids is 2. The second-order valence-corrected chi connectivity index (χ2v) is 4.39. The first kappa shape index (κ1) is 10.5. The van der Waals surface area contributed by atoms with Gasteiger partial charge in [0.1, 0.15) is 5.60 Å². The van der Waals surface area contributed by atoms with Gasteiger partial charge >= 0.3 is 5.97 Å². The van der Waals surface area contributed by atoms with Gasteiger partial charge in [-0.15, -0.1) is 0 Å². The molecule has 0 atom stereocenters. The maximum Gasteiger partial charge on any atom is 0.306 e. The summed E-state index contributed by atoms with van der Waals surface area (Å²) in [6, 6.07) is 0. The molecular formula is C11H17NO3. The van der Waals surface area contributed by atoms with E-state index in [2.05, 4.69) is 0 Å². The average Bonchev–Trinajstić information content (AvgIpc) is 2.60. The minimum absolute atomic E-state index is 0.0785. The molecule has 2 heterocycles. The zero-order valence-corrected chi connectivity index (χ0v) is 9.12. The highest BCUT2D eigenvalue weighted by molar-refractivity contribution is 5.76. The van der Waals surface area contributed by atoms with Crippen LogP contribution in [0.2, 0.25) is 0 Å². The number of likely N-dealkylation sites (tertiary alicyclic amines) is 1. The quantitative estimate of drug-likeness (QED) is 0.610. The smallest absolute Gasteiger partial charge is 0.306 e. The molecule has 2 rings (SSSR count). The number of amides is 1. The molecule has 0 aliphatic carbocycles. The van der Waals surface area contributed by atoms with Gasteiger partial charge < -0.3 is 9.64 Å². The van der Waals surface area contributed by atoms with Gasteiger partial charge in [-0.3, -0.25) is 9.59 Å². The standard InChI is InChI=1S/C11H17NO3/c1-2-9(13)12-7-5-11(6-8-12)4-3-10(14)15-11/h2-8H2,1H3. The first-order valence-corrected chi connectivity index (χ1v) is 5.65. The minimum Gasteiger partial charge on any atom is -0.459 e. The van der Waals surface area contributed by atoms with E-state index in [4.69, 9.17) is 4.74 Å². The van der Waals surface area contributed by atoms with Crippen molar-refractivity contribution in [3.05, 3.63) is 0 Å². The van der Waals surface area contributed by atoms with Crippen LogP contribution < -0.4 is 0 Å². The molecular weight excluding hydrogens is 194 g/mol. The summed E-state index contributed by atoms with van der Waals surface area (Å²) in [5.41, 5.74) is -0.235. The van der Waals surface area contributed by atoms with Crippen LogP contribution in [0.5, 0.6) is 0 Å². The van der Waals surface area contributed by atoms with Gasteiger partial charge in [0.25, 0.3) is 0 Å². The molecule has 2 aliphatic heterocycles. The fraction of sp³-hybridized carbons (Fsp3) is 0.818. The Labute approximate surface area is 89.6 Å². The highest BCUT2D eigenvalue weighted by atomic mass is 16.6. The fourth-order valence-corrected chi connectivity index (χ4v) is 2.41. The molecule has 0 aromatic heterocycles. The summed E-state index contributed by atoms with van der Waals surface area (Å²) in [6.45, 7) is 3.35. The third-order valence-corrected chi connectivity index (χ3v) is 3.44. The highest BCUT2D eigenvalue weighted by Gasteiger charge is 2.43. The van der Waals surface area contributed by atoms with Crippen LogP contribution in [0.1, 0.15) is 39.0 Å². The number of hydrogen-bond donors (Lipinski definition) is 0. The van der Waals surface area contributed by atoms with Gasteiger partial charge in [-0.2, -0.15) is 0 Å². The normalized spacial score (nSPS) is 24.3. The van der Waals surface area contributed by atoms with Crippen LogP contribution in [0.15, 0.2) is 0 Å². The van der Waals surface area contributed by atoms with Crippen molar-refractivity contribution in [2.45, 2.75) is 44.6 Å². The summed E-state index contributed by atoms with van der Waals surface area (Å²) in [5, 5.41) is 0. The monoisotopic (exact) mass is 211 g/mol. The van der Waals surface area contributed by atoms with E-state index in [1.807, 2.05) is 11.8 Å². The van der Waals surface area contributed by atoms with E-state index in [-0.39, 0.29) is 17.5 Å². The highest BCUT2D eigenvalue weighted by Crippen LogP contribution is 2.36. The molecule has 4 nitrogen and oxygen atoms in total. The van der Waals surface area contributed by atoms with Crippen molar-refractivity contribution in [1.29, 1.82) is 0 Å². The first-order valence-electron chi connectivity index (χ1n) is 5.65. The molecule has 0 N–H and O–H groups in total. The molecule has 84 valence electrons. The lowest BCUT2D eigenvalue weighted by Crippen LogP contribution is -2.46.